The molecule has 0 spiro atoms. The Bertz CT molecular complexity index is 1620. The van der Waals surface area contributed by atoms with Crippen molar-refractivity contribution < 1.29 is 28.3 Å². The summed E-state index contributed by atoms with van der Waals surface area (Å²) in [5.41, 5.74) is 1.48. The Hall–Kier alpha value is -3.50. The molecule has 1 aliphatic carbocycles. The first-order chi connectivity index (χ1) is 18.9. The highest BCUT2D eigenvalue weighted by Crippen LogP contribution is 2.46. The SMILES string of the molecule is O=C(O)c1cc(F)c2nc(N3[C@@H]4CC[C@H]3C[C@@H](OC(=O)c3c(-c5ccccc5Cl)noc3C3CC3)C4)sc2c1. The summed E-state index contributed by atoms with van der Waals surface area (Å²) in [5, 5.41) is 14.7. The van der Waals surface area contributed by atoms with Crippen molar-refractivity contribution >= 4 is 50.2 Å². The molecule has 11 heteroatoms. The fraction of sp³-hybridized carbons (Fsp3) is 0.357. The fourth-order valence-electron chi connectivity index (χ4n) is 5.92. The van der Waals surface area contributed by atoms with Gasteiger partial charge in [-0.3, -0.25) is 0 Å². The van der Waals surface area contributed by atoms with Crippen molar-refractivity contribution in [3.8, 4) is 11.3 Å². The molecule has 4 aromatic rings. The largest absolute Gasteiger partial charge is 0.478 e. The van der Waals surface area contributed by atoms with Crippen molar-refractivity contribution in [3.05, 3.63) is 64.1 Å². The summed E-state index contributed by atoms with van der Waals surface area (Å²) >= 11 is 7.71. The first-order valence-corrected chi connectivity index (χ1v) is 14.1. The van der Waals surface area contributed by atoms with Crippen LogP contribution in [-0.2, 0) is 4.74 Å². The number of halogens is 2. The van der Waals surface area contributed by atoms with E-state index in [0.29, 0.717) is 50.3 Å². The Morgan fingerprint density at radius 3 is 2.56 bits per heavy atom. The van der Waals surface area contributed by atoms with E-state index >= 15 is 0 Å². The van der Waals surface area contributed by atoms with Crippen LogP contribution in [0.5, 0.6) is 0 Å². The lowest BCUT2D eigenvalue weighted by Gasteiger charge is -2.38. The van der Waals surface area contributed by atoms with Gasteiger partial charge >= 0.3 is 11.9 Å². The predicted octanol–water partition coefficient (Wildman–Crippen LogP) is 6.68. The highest BCUT2D eigenvalue weighted by Gasteiger charge is 2.44. The number of carbonyl (C=O) groups excluding carboxylic acids is 1. The van der Waals surface area contributed by atoms with Crippen LogP contribution in [0.15, 0.2) is 40.9 Å². The van der Waals surface area contributed by atoms with E-state index in [-0.39, 0.29) is 35.2 Å². The molecular weight excluding hydrogens is 545 g/mol. The Balaban J connectivity index is 1.13. The molecule has 0 amide bonds. The third kappa shape index (κ3) is 4.26. The molecule has 2 aromatic heterocycles. The molecule has 2 aromatic carbocycles. The number of benzene rings is 2. The second-order valence-corrected chi connectivity index (χ2v) is 11.8. The summed E-state index contributed by atoms with van der Waals surface area (Å²) < 4.78 is 26.8. The quantitative estimate of drug-likeness (QED) is 0.257. The molecule has 8 nitrogen and oxygen atoms in total. The zero-order valence-corrected chi connectivity index (χ0v) is 22.2. The number of carbonyl (C=O) groups is 2. The number of nitrogens with zero attached hydrogens (tertiary/aromatic N) is 3. The molecule has 3 aliphatic rings. The maximum atomic E-state index is 14.6. The monoisotopic (exact) mass is 567 g/mol. The van der Waals surface area contributed by atoms with Crippen molar-refractivity contribution in [2.24, 2.45) is 0 Å². The van der Waals surface area contributed by atoms with Crippen molar-refractivity contribution in [1.82, 2.24) is 10.1 Å². The maximum Gasteiger partial charge on any atom is 0.344 e. The number of carboxylic acids is 1. The number of piperidine rings is 1. The molecule has 200 valence electrons. The molecule has 1 N–H and O–H groups in total. The Morgan fingerprint density at radius 1 is 1.13 bits per heavy atom. The van der Waals surface area contributed by atoms with Gasteiger partial charge < -0.3 is 19.3 Å². The first-order valence-electron chi connectivity index (χ1n) is 12.9. The molecule has 4 heterocycles. The number of ether oxygens (including phenoxy) is 1. The number of fused-ring (bicyclic) bond motifs is 3. The van der Waals surface area contributed by atoms with Crippen LogP contribution in [0.1, 0.15) is 70.9 Å². The molecule has 2 bridgehead atoms. The van der Waals surface area contributed by atoms with Crippen LogP contribution in [-0.4, -0.2) is 45.4 Å². The van der Waals surface area contributed by atoms with Gasteiger partial charge in [-0.15, -0.1) is 0 Å². The summed E-state index contributed by atoms with van der Waals surface area (Å²) in [5.74, 6) is -1.54. The zero-order valence-electron chi connectivity index (χ0n) is 20.6. The number of hydrogen-bond acceptors (Lipinski definition) is 8. The Labute approximate surface area is 231 Å². The van der Waals surface area contributed by atoms with E-state index in [0.717, 1.165) is 31.7 Å². The molecular formula is C28H23ClFN3O5S. The first kappa shape index (κ1) is 24.5. The van der Waals surface area contributed by atoms with Gasteiger partial charge in [0.05, 0.1) is 15.3 Å². The smallest absolute Gasteiger partial charge is 0.344 e. The third-order valence-corrected chi connectivity index (χ3v) is 9.21. The molecule has 3 fully saturated rings. The lowest BCUT2D eigenvalue weighted by Crippen LogP contribution is -2.46. The van der Waals surface area contributed by atoms with Crippen LogP contribution >= 0.6 is 22.9 Å². The van der Waals surface area contributed by atoms with Gasteiger partial charge in [0.2, 0.25) is 0 Å². The number of hydrogen-bond donors (Lipinski definition) is 1. The fourth-order valence-corrected chi connectivity index (χ4v) is 7.31. The van der Waals surface area contributed by atoms with E-state index in [4.69, 9.17) is 20.9 Å². The summed E-state index contributed by atoms with van der Waals surface area (Å²) in [6.45, 7) is 0. The number of esters is 1. The lowest BCUT2D eigenvalue weighted by atomic mass is 9.99. The van der Waals surface area contributed by atoms with Gasteiger partial charge in [0.15, 0.2) is 16.7 Å². The molecule has 2 aliphatic heterocycles. The zero-order chi connectivity index (χ0) is 26.8. The van der Waals surface area contributed by atoms with Crippen LogP contribution in [0.2, 0.25) is 5.02 Å². The van der Waals surface area contributed by atoms with E-state index < -0.39 is 17.8 Å². The van der Waals surface area contributed by atoms with E-state index in [9.17, 15) is 19.1 Å². The third-order valence-electron chi connectivity index (χ3n) is 7.87. The van der Waals surface area contributed by atoms with E-state index in [1.165, 1.54) is 17.4 Å². The van der Waals surface area contributed by atoms with Crippen molar-refractivity contribution in [3.63, 3.8) is 0 Å². The van der Waals surface area contributed by atoms with Gasteiger partial charge in [-0.2, -0.15) is 0 Å². The maximum absolute atomic E-state index is 14.6. The standard InChI is InChI=1S/C28H23ClFN3O5S/c29-19-4-2-1-3-18(19)23-22(25(38-32-23)13-5-6-13)27(36)37-17-11-15-7-8-16(12-17)33(15)28-31-24-20(30)9-14(26(34)35)10-21(24)39-28/h1-4,9-10,13,15-17H,5-8,11-12H2,(H,34,35)/t15-,16+,17+. The molecule has 2 saturated heterocycles. The van der Waals surface area contributed by atoms with Crippen LogP contribution < -0.4 is 4.90 Å². The highest BCUT2D eigenvalue weighted by atomic mass is 35.5. The van der Waals surface area contributed by atoms with Crippen LogP contribution in [0.4, 0.5) is 9.52 Å². The van der Waals surface area contributed by atoms with Gasteiger partial charge in [0, 0.05) is 36.4 Å². The molecule has 0 unspecified atom stereocenters. The van der Waals surface area contributed by atoms with Crippen molar-refractivity contribution in [2.45, 2.75) is 62.6 Å². The predicted molar refractivity (Wildman–Crippen MR) is 143 cm³/mol. The number of thiazole rings is 1. The number of aromatic carboxylic acids is 1. The van der Waals surface area contributed by atoms with Crippen LogP contribution in [0.3, 0.4) is 0 Å². The molecule has 39 heavy (non-hydrogen) atoms. The summed E-state index contributed by atoms with van der Waals surface area (Å²) in [4.78, 5) is 31.7. The van der Waals surface area contributed by atoms with Gasteiger partial charge in [-0.1, -0.05) is 46.3 Å². The number of aromatic nitrogens is 2. The Kier molecular flexibility index (Phi) is 5.85. The highest BCUT2D eigenvalue weighted by molar-refractivity contribution is 7.22. The van der Waals surface area contributed by atoms with Gasteiger partial charge in [0.1, 0.15) is 22.9 Å². The molecule has 7 rings (SSSR count). The average molecular weight is 568 g/mol. The summed E-state index contributed by atoms with van der Waals surface area (Å²) in [6.07, 6.45) is 4.63. The number of anilines is 1. The second kappa shape index (κ2) is 9.31. The minimum Gasteiger partial charge on any atom is -0.478 e. The molecule has 0 radical (unpaired) electrons. The van der Waals surface area contributed by atoms with E-state index in [2.05, 4.69) is 15.0 Å². The van der Waals surface area contributed by atoms with Gasteiger partial charge in [0.25, 0.3) is 0 Å². The minimum atomic E-state index is -1.18. The molecule has 1 saturated carbocycles. The lowest BCUT2D eigenvalue weighted by molar-refractivity contribution is 0.0202. The van der Waals surface area contributed by atoms with Gasteiger partial charge in [-0.05, 0) is 43.9 Å². The van der Waals surface area contributed by atoms with E-state index in [1.807, 2.05) is 18.2 Å². The minimum absolute atomic E-state index is 0.0810. The number of carboxylic acid groups (broad SMARTS) is 1. The second-order valence-electron chi connectivity index (χ2n) is 10.4. The normalized spacial score (nSPS) is 22.4. The molecule has 3 atom stereocenters. The average Bonchev–Trinajstić information content (AvgIpc) is 3.40. The summed E-state index contributed by atoms with van der Waals surface area (Å²) in [7, 11) is 0. The van der Waals surface area contributed by atoms with Gasteiger partial charge in [-0.25, -0.2) is 19.0 Å². The van der Waals surface area contributed by atoms with Crippen LogP contribution in [0.25, 0.3) is 21.5 Å². The van der Waals surface area contributed by atoms with Crippen LogP contribution in [0, 0.1) is 5.82 Å². The van der Waals surface area contributed by atoms with E-state index in [1.54, 1.807) is 6.07 Å². The Morgan fingerprint density at radius 2 is 1.87 bits per heavy atom. The van der Waals surface area contributed by atoms with Crippen molar-refractivity contribution in [1.29, 1.82) is 0 Å². The topological polar surface area (TPSA) is 106 Å². The van der Waals surface area contributed by atoms with Crippen molar-refractivity contribution in [2.75, 3.05) is 4.90 Å². The summed E-state index contributed by atoms with van der Waals surface area (Å²) in [6, 6.07) is 9.85. The number of rotatable bonds is 6.